The van der Waals surface area contributed by atoms with E-state index in [1.807, 2.05) is 30.3 Å². The number of carbonyl (C=O) groups excluding carboxylic acids is 3. The predicted octanol–water partition coefficient (Wildman–Crippen LogP) is 3.10. The molecule has 0 saturated carbocycles. The summed E-state index contributed by atoms with van der Waals surface area (Å²) < 4.78 is 9.89. The second-order valence-corrected chi connectivity index (χ2v) is 7.85. The molecule has 0 heterocycles. The summed E-state index contributed by atoms with van der Waals surface area (Å²) in [7, 11) is 2.97. The van der Waals surface area contributed by atoms with Crippen LogP contribution in [0.3, 0.4) is 0 Å². The van der Waals surface area contributed by atoms with Crippen LogP contribution in [0.25, 0.3) is 0 Å². The molecule has 0 aliphatic carbocycles. The van der Waals surface area contributed by atoms with Gasteiger partial charge in [0.15, 0.2) is 0 Å². The van der Waals surface area contributed by atoms with Crippen LogP contribution in [0.4, 0.5) is 4.79 Å². The lowest BCUT2D eigenvalue weighted by atomic mass is 10.0. The third kappa shape index (κ3) is 8.41. The van der Waals surface area contributed by atoms with Crippen LogP contribution in [0.2, 0.25) is 0 Å². The Hall–Kier alpha value is -2.57. The number of nitrogens with zero attached hydrogens (tertiary/aromatic N) is 1. The van der Waals surface area contributed by atoms with Crippen LogP contribution < -0.4 is 5.32 Å². The van der Waals surface area contributed by atoms with Gasteiger partial charge in [-0.1, -0.05) is 37.3 Å². The second kappa shape index (κ2) is 10.7. The quantitative estimate of drug-likeness (QED) is 0.687. The molecule has 2 amide bonds. The standard InChI is InChI=1S/C21H32N2O5/c1-15(16-10-8-7-9-11-16)14-23(5)18(24)13-12-17(19(25)27-6)22-20(26)28-21(2,3)4/h7-11,15,17H,12-14H2,1-6H3,(H,22,26)/t15?,17-/m0/s1. The molecule has 0 saturated heterocycles. The molecule has 0 aromatic heterocycles. The molecule has 156 valence electrons. The molecule has 7 nitrogen and oxygen atoms in total. The van der Waals surface area contributed by atoms with Crippen molar-refractivity contribution in [3.63, 3.8) is 0 Å². The molecule has 1 N–H and O–H groups in total. The third-order valence-electron chi connectivity index (χ3n) is 4.17. The topological polar surface area (TPSA) is 84.9 Å². The summed E-state index contributed by atoms with van der Waals surface area (Å²) in [5, 5.41) is 2.48. The van der Waals surface area contributed by atoms with Crippen molar-refractivity contribution in [3.8, 4) is 0 Å². The van der Waals surface area contributed by atoms with E-state index in [4.69, 9.17) is 9.47 Å². The van der Waals surface area contributed by atoms with Crippen LogP contribution in [0, 0.1) is 0 Å². The number of ether oxygens (including phenoxy) is 2. The molecule has 0 bridgehead atoms. The zero-order valence-corrected chi connectivity index (χ0v) is 17.7. The summed E-state index contributed by atoms with van der Waals surface area (Å²) in [4.78, 5) is 38.0. The zero-order valence-electron chi connectivity index (χ0n) is 17.7. The Balaban J connectivity index is 2.59. The van der Waals surface area contributed by atoms with Gasteiger partial charge in [0.05, 0.1) is 7.11 Å². The fourth-order valence-corrected chi connectivity index (χ4v) is 2.70. The highest BCUT2D eigenvalue weighted by Gasteiger charge is 2.26. The van der Waals surface area contributed by atoms with Crippen molar-refractivity contribution in [2.45, 2.75) is 58.1 Å². The van der Waals surface area contributed by atoms with Gasteiger partial charge in [0, 0.05) is 20.0 Å². The summed E-state index contributed by atoms with van der Waals surface area (Å²) in [6.07, 6.45) is -0.482. The van der Waals surface area contributed by atoms with Crippen molar-refractivity contribution in [1.29, 1.82) is 0 Å². The highest BCUT2D eigenvalue weighted by atomic mass is 16.6. The number of esters is 1. The SMILES string of the molecule is COC(=O)[C@H](CCC(=O)N(C)CC(C)c1ccccc1)NC(=O)OC(C)(C)C. The van der Waals surface area contributed by atoms with Gasteiger partial charge in [0.1, 0.15) is 11.6 Å². The van der Waals surface area contributed by atoms with Gasteiger partial charge in [-0.15, -0.1) is 0 Å². The van der Waals surface area contributed by atoms with E-state index in [-0.39, 0.29) is 24.7 Å². The molecule has 0 aliphatic heterocycles. The summed E-state index contributed by atoms with van der Waals surface area (Å²) in [6, 6.07) is 9.01. The molecule has 7 heteroatoms. The molecular formula is C21H32N2O5. The Morgan fingerprint density at radius 1 is 1.14 bits per heavy atom. The van der Waals surface area contributed by atoms with Crippen LogP contribution in [0.5, 0.6) is 0 Å². The monoisotopic (exact) mass is 392 g/mol. The Labute approximate surface area is 167 Å². The van der Waals surface area contributed by atoms with Crippen molar-refractivity contribution in [3.05, 3.63) is 35.9 Å². The lowest BCUT2D eigenvalue weighted by molar-refractivity contribution is -0.143. The van der Waals surface area contributed by atoms with Crippen molar-refractivity contribution in [2.24, 2.45) is 0 Å². The molecule has 1 aromatic rings. The van der Waals surface area contributed by atoms with E-state index in [1.54, 1.807) is 32.7 Å². The van der Waals surface area contributed by atoms with Gasteiger partial charge < -0.3 is 19.7 Å². The average Bonchev–Trinajstić information content (AvgIpc) is 2.63. The normalized spacial score (nSPS) is 13.2. The van der Waals surface area contributed by atoms with Gasteiger partial charge in [-0.05, 0) is 38.7 Å². The van der Waals surface area contributed by atoms with Crippen LogP contribution in [0.1, 0.15) is 52.0 Å². The fourth-order valence-electron chi connectivity index (χ4n) is 2.70. The average molecular weight is 392 g/mol. The number of hydrogen-bond donors (Lipinski definition) is 1. The van der Waals surface area contributed by atoms with Gasteiger partial charge in [-0.3, -0.25) is 4.79 Å². The molecule has 0 aliphatic rings. The number of amides is 2. The first kappa shape index (κ1) is 23.5. The lowest BCUT2D eigenvalue weighted by Gasteiger charge is -2.24. The largest absolute Gasteiger partial charge is 0.467 e. The van der Waals surface area contributed by atoms with Gasteiger partial charge in [0.2, 0.25) is 5.91 Å². The summed E-state index contributed by atoms with van der Waals surface area (Å²) in [6.45, 7) is 7.80. The summed E-state index contributed by atoms with van der Waals surface area (Å²) in [5.74, 6) is -0.534. The lowest BCUT2D eigenvalue weighted by Crippen LogP contribution is -2.44. The van der Waals surface area contributed by atoms with Gasteiger partial charge in [0.25, 0.3) is 0 Å². The third-order valence-corrected chi connectivity index (χ3v) is 4.17. The Morgan fingerprint density at radius 3 is 2.29 bits per heavy atom. The van der Waals surface area contributed by atoms with E-state index in [1.165, 1.54) is 7.11 Å². The highest BCUT2D eigenvalue weighted by molar-refractivity contribution is 5.82. The first-order chi connectivity index (χ1) is 13.0. The van der Waals surface area contributed by atoms with Crippen molar-refractivity contribution in [2.75, 3.05) is 20.7 Å². The Bertz CT molecular complexity index is 655. The molecule has 28 heavy (non-hydrogen) atoms. The van der Waals surface area contributed by atoms with E-state index in [0.717, 1.165) is 5.56 Å². The molecule has 1 aromatic carbocycles. The van der Waals surface area contributed by atoms with Gasteiger partial charge in [-0.25, -0.2) is 9.59 Å². The summed E-state index contributed by atoms with van der Waals surface area (Å²) in [5.41, 5.74) is 0.468. The number of carbonyl (C=O) groups is 3. The zero-order chi connectivity index (χ0) is 21.3. The minimum atomic E-state index is -0.941. The Kier molecular flexibility index (Phi) is 8.96. The maximum Gasteiger partial charge on any atom is 0.408 e. The number of nitrogens with one attached hydrogen (secondary N) is 1. The van der Waals surface area contributed by atoms with Crippen LogP contribution in [-0.2, 0) is 19.1 Å². The smallest absolute Gasteiger partial charge is 0.408 e. The molecule has 0 radical (unpaired) electrons. The van der Waals surface area contributed by atoms with Crippen molar-refractivity contribution < 1.29 is 23.9 Å². The molecule has 0 fully saturated rings. The molecule has 2 atom stereocenters. The number of likely N-dealkylation sites (N-methyl/N-ethyl adjacent to an activating group) is 1. The minimum absolute atomic E-state index is 0.105. The number of methoxy groups -OCH3 is 1. The Morgan fingerprint density at radius 2 is 1.75 bits per heavy atom. The van der Waals surface area contributed by atoms with Crippen molar-refractivity contribution >= 4 is 18.0 Å². The van der Waals surface area contributed by atoms with Crippen LogP contribution >= 0.6 is 0 Å². The molecule has 0 spiro atoms. The first-order valence-electron chi connectivity index (χ1n) is 9.39. The predicted molar refractivity (Wildman–Crippen MR) is 107 cm³/mol. The minimum Gasteiger partial charge on any atom is -0.467 e. The van der Waals surface area contributed by atoms with E-state index in [2.05, 4.69) is 12.2 Å². The maximum atomic E-state index is 12.5. The number of hydrogen-bond acceptors (Lipinski definition) is 5. The van der Waals surface area contributed by atoms with Crippen LogP contribution in [-0.4, -0.2) is 55.2 Å². The fraction of sp³-hybridized carbons (Fsp3) is 0.571. The van der Waals surface area contributed by atoms with Gasteiger partial charge >= 0.3 is 12.1 Å². The highest BCUT2D eigenvalue weighted by Crippen LogP contribution is 2.16. The summed E-state index contributed by atoms with van der Waals surface area (Å²) >= 11 is 0. The van der Waals surface area contributed by atoms with Gasteiger partial charge in [-0.2, -0.15) is 0 Å². The number of rotatable bonds is 8. The van der Waals surface area contributed by atoms with E-state index < -0.39 is 23.7 Å². The van der Waals surface area contributed by atoms with E-state index in [0.29, 0.717) is 6.54 Å². The number of benzene rings is 1. The second-order valence-electron chi connectivity index (χ2n) is 7.85. The van der Waals surface area contributed by atoms with E-state index in [9.17, 15) is 14.4 Å². The molecule has 1 unspecified atom stereocenters. The first-order valence-corrected chi connectivity index (χ1v) is 9.39. The van der Waals surface area contributed by atoms with E-state index >= 15 is 0 Å². The number of alkyl carbamates (subject to hydrolysis) is 1. The molecule has 1 rings (SSSR count). The van der Waals surface area contributed by atoms with Crippen molar-refractivity contribution in [1.82, 2.24) is 10.2 Å². The van der Waals surface area contributed by atoms with Crippen LogP contribution in [0.15, 0.2) is 30.3 Å². The maximum absolute atomic E-state index is 12.5. The molecular weight excluding hydrogens is 360 g/mol.